The number of pyridine rings is 1. The van der Waals surface area contributed by atoms with Gasteiger partial charge in [-0.2, -0.15) is 5.26 Å². The number of ether oxygens (including phenoxy) is 1. The minimum absolute atomic E-state index is 0.321. The van der Waals surface area contributed by atoms with E-state index in [2.05, 4.69) is 49.8 Å². The Morgan fingerprint density at radius 3 is 2.78 bits per heavy atom. The summed E-state index contributed by atoms with van der Waals surface area (Å²) >= 11 is 0. The first-order chi connectivity index (χ1) is 13.3. The van der Waals surface area contributed by atoms with E-state index in [4.69, 9.17) is 10.00 Å². The first-order valence-corrected chi connectivity index (χ1v) is 9.04. The van der Waals surface area contributed by atoms with Gasteiger partial charge in [0.05, 0.1) is 24.2 Å². The molecular formula is C21H21N5O. The van der Waals surface area contributed by atoms with Crippen LogP contribution in [0.1, 0.15) is 16.8 Å². The van der Waals surface area contributed by atoms with Crippen LogP contribution < -0.4 is 4.74 Å². The average molecular weight is 359 g/mol. The van der Waals surface area contributed by atoms with Gasteiger partial charge in [0.2, 0.25) is 5.88 Å². The van der Waals surface area contributed by atoms with E-state index >= 15 is 0 Å². The summed E-state index contributed by atoms with van der Waals surface area (Å²) in [5.41, 5.74) is 3.07. The van der Waals surface area contributed by atoms with Gasteiger partial charge >= 0.3 is 0 Å². The lowest BCUT2D eigenvalue weighted by molar-refractivity contribution is 0.164. The van der Waals surface area contributed by atoms with Crippen molar-refractivity contribution >= 4 is 0 Å². The zero-order chi connectivity index (χ0) is 18.5. The molecule has 136 valence electrons. The molecule has 1 aliphatic rings. The molecule has 1 atom stereocenters. The number of aromatic nitrogens is 3. The van der Waals surface area contributed by atoms with E-state index in [9.17, 15) is 0 Å². The molecule has 0 saturated carbocycles. The number of hydrogen-bond acceptors (Lipinski definition) is 5. The van der Waals surface area contributed by atoms with Crippen molar-refractivity contribution < 1.29 is 4.74 Å². The van der Waals surface area contributed by atoms with Crippen molar-refractivity contribution in [1.82, 2.24) is 19.4 Å². The van der Waals surface area contributed by atoms with E-state index < -0.39 is 0 Å². The fourth-order valence-electron chi connectivity index (χ4n) is 3.44. The standard InChI is InChI=1S/C21H21N5O/c22-8-18-6-7-21(24-9-18)27-15-19-12-25(11-17-4-2-1-3-5-17)14-20-10-23-16-26(20)13-19/h1-7,9-10,16,19H,11-15H2/t19-/m1/s1. The molecule has 6 heteroatoms. The van der Waals surface area contributed by atoms with Crippen LogP contribution in [0.5, 0.6) is 5.88 Å². The van der Waals surface area contributed by atoms with Crippen molar-refractivity contribution in [3.63, 3.8) is 0 Å². The van der Waals surface area contributed by atoms with Crippen LogP contribution in [0.25, 0.3) is 0 Å². The quantitative estimate of drug-likeness (QED) is 0.701. The Bertz CT molecular complexity index is 914. The van der Waals surface area contributed by atoms with Crippen molar-refractivity contribution in [2.45, 2.75) is 19.6 Å². The molecule has 2 aromatic heterocycles. The highest BCUT2D eigenvalue weighted by molar-refractivity contribution is 5.28. The summed E-state index contributed by atoms with van der Waals surface area (Å²) < 4.78 is 8.12. The van der Waals surface area contributed by atoms with Crippen LogP contribution in [0.2, 0.25) is 0 Å². The molecule has 6 nitrogen and oxygen atoms in total. The van der Waals surface area contributed by atoms with Crippen molar-refractivity contribution in [3.05, 3.63) is 78.0 Å². The summed E-state index contributed by atoms with van der Waals surface area (Å²) in [6.07, 6.45) is 5.38. The van der Waals surface area contributed by atoms with Gasteiger partial charge in [-0.05, 0) is 11.6 Å². The molecule has 0 bridgehead atoms. The van der Waals surface area contributed by atoms with Gasteiger partial charge in [0.1, 0.15) is 6.07 Å². The maximum Gasteiger partial charge on any atom is 0.213 e. The fraction of sp³-hybridized carbons (Fsp3) is 0.286. The van der Waals surface area contributed by atoms with Gasteiger partial charge in [-0.1, -0.05) is 30.3 Å². The molecule has 27 heavy (non-hydrogen) atoms. The number of rotatable bonds is 5. The van der Waals surface area contributed by atoms with E-state index in [1.165, 1.54) is 17.5 Å². The largest absolute Gasteiger partial charge is 0.477 e. The minimum atomic E-state index is 0.321. The number of imidazole rings is 1. The molecule has 0 aliphatic carbocycles. The van der Waals surface area contributed by atoms with Crippen LogP contribution in [-0.2, 0) is 19.6 Å². The molecule has 1 aromatic carbocycles. The molecule has 0 saturated heterocycles. The molecule has 0 radical (unpaired) electrons. The van der Waals surface area contributed by atoms with Crippen molar-refractivity contribution in [1.29, 1.82) is 5.26 Å². The third kappa shape index (κ3) is 4.33. The van der Waals surface area contributed by atoms with Crippen LogP contribution in [0, 0.1) is 17.2 Å². The lowest BCUT2D eigenvalue weighted by Crippen LogP contribution is -2.30. The summed E-state index contributed by atoms with van der Waals surface area (Å²) in [6, 6.07) is 16.1. The second kappa shape index (κ2) is 8.02. The SMILES string of the molecule is N#Cc1ccc(OC[C@@H]2CN(Cc3ccccc3)Cc3cncn3C2)nc1. The first-order valence-electron chi connectivity index (χ1n) is 9.04. The first kappa shape index (κ1) is 17.3. The maximum atomic E-state index is 8.87. The van der Waals surface area contributed by atoms with Crippen LogP contribution in [0.3, 0.4) is 0 Å². The van der Waals surface area contributed by atoms with E-state index in [1.54, 1.807) is 12.1 Å². The molecule has 3 aromatic rings. The van der Waals surface area contributed by atoms with Gasteiger partial charge in [0.25, 0.3) is 0 Å². The summed E-state index contributed by atoms with van der Waals surface area (Å²) in [5.74, 6) is 0.875. The summed E-state index contributed by atoms with van der Waals surface area (Å²) in [5, 5.41) is 8.87. The maximum absolute atomic E-state index is 8.87. The molecule has 0 unspecified atom stereocenters. The third-order valence-corrected chi connectivity index (χ3v) is 4.74. The minimum Gasteiger partial charge on any atom is -0.477 e. The molecule has 0 spiro atoms. The number of benzene rings is 1. The Hall–Kier alpha value is -3.17. The van der Waals surface area contributed by atoms with Crippen LogP contribution in [-0.4, -0.2) is 32.6 Å². The van der Waals surface area contributed by atoms with Gasteiger partial charge in [-0.25, -0.2) is 9.97 Å². The Kier molecular flexibility index (Phi) is 5.13. The van der Waals surface area contributed by atoms with Gasteiger partial charge < -0.3 is 9.30 Å². The molecule has 3 heterocycles. The summed E-state index contributed by atoms with van der Waals surface area (Å²) in [6.45, 7) is 4.16. The molecule has 0 fully saturated rings. The highest BCUT2D eigenvalue weighted by Crippen LogP contribution is 2.19. The normalized spacial score (nSPS) is 16.9. The van der Waals surface area contributed by atoms with Crippen LogP contribution in [0.4, 0.5) is 0 Å². The number of nitriles is 1. The van der Waals surface area contributed by atoms with Crippen molar-refractivity contribution in [2.24, 2.45) is 5.92 Å². The Morgan fingerprint density at radius 2 is 2.00 bits per heavy atom. The number of nitrogens with zero attached hydrogens (tertiary/aromatic N) is 5. The van der Waals surface area contributed by atoms with Gasteiger partial charge in [-0.15, -0.1) is 0 Å². The molecule has 1 aliphatic heterocycles. The lowest BCUT2D eigenvalue weighted by Gasteiger charge is -2.24. The predicted molar refractivity (Wildman–Crippen MR) is 101 cm³/mol. The number of fused-ring (bicyclic) bond motifs is 1. The molecular weight excluding hydrogens is 338 g/mol. The molecule has 0 N–H and O–H groups in total. The number of hydrogen-bond donors (Lipinski definition) is 0. The fourth-order valence-corrected chi connectivity index (χ4v) is 3.44. The second-order valence-electron chi connectivity index (χ2n) is 6.87. The van der Waals surface area contributed by atoms with Crippen LogP contribution >= 0.6 is 0 Å². The third-order valence-electron chi connectivity index (χ3n) is 4.74. The highest BCUT2D eigenvalue weighted by atomic mass is 16.5. The zero-order valence-electron chi connectivity index (χ0n) is 15.0. The summed E-state index contributed by atoms with van der Waals surface area (Å²) in [4.78, 5) is 11.0. The molecule has 0 amide bonds. The monoisotopic (exact) mass is 359 g/mol. The average Bonchev–Trinajstić information content (AvgIpc) is 3.06. The van der Waals surface area contributed by atoms with Gasteiger partial charge in [-0.3, -0.25) is 4.90 Å². The lowest BCUT2D eigenvalue weighted by atomic mass is 10.1. The Balaban J connectivity index is 1.45. The van der Waals surface area contributed by atoms with Crippen molar-refractivity contribution in [2.75, 3.05) is 13.2 Å². The second-order valence-corrected chi connectivity index (χ2v) is 6.87. The van der Waals surface area contributed by atoms with E-state index in [1.807, 2.05) is 18.6 Å². The highest BCUT2D eigenvalue weighted by Gasteiger charge is 2.22. The van der Waals surface area contributed by atoms with E-state index in [0.717, 1.165) is 26.2 Å². The van der Waals surface area contributed by atoms with Gasteiger partial charge in [0, 0.05) is 50.6 Å². The van der Waals surface area contributed by atoms with Crippen molar-refractivity contribution in [3.8, 4) is 11.9 Å². The Labute approximate surface area is 158 Å². The summed E-state index contributed by atoms with van der Waals surface area (Å²) in [7, 11) is 0. The Morgan fingerprint density at radius 1 is 1.11 bits per heavy atom. The predicted octanol–water partition coefficient (Wildman–Crippen LogP) is 2.86. The topological polar surface area (TPSA) is 67.0 Å². The van der Waals surface area contributed by atoms with E-state index in [-0.39, 0.29) is 0 Å². The van der Waals surface area contributed by atoms with Gasteiger partial charge in [0.15, 0.2) is 0 Å². The van der Waals surface area contributed by atoms with E-state index in [0.29, 0.717) is 24.0 Å². The molecule has 4 rings (SSSR count). The smallest absolute Gasteiger partial charge is 0.213 e. The van der Waals surface area contributed by atoms with Crippen LogP contribution in [0.15, 0.2) is 61.2 Å². The zero-order valence-corrected chi connectivity index (χ0v) is 15.0.